The molecule has 1 aliphatic heterocycles. The fraction of sp³-hybridized carbons (Fsp3) is 0.353. The second-order valence-electron chi connectivity index (χ2n) is 5.49. The van der Waals surface area contributed by atoms with E-state index < -0.39 is 0 Å². The van der Waals surface area contributed by atoms with E-state index in [1.807, 2.05) is 18.2 Å². The van der Waals surface area contributed by atoms with Crippen LogP contribution in [0.2, 0.25) is 0 Å². The molecule has 128 valence electrons. The van der Waals surface area contributed by atoms with E-state index in [2.05, 4.69) is 25.0 Å². The zero-order valence-electron chi connectivity index (χ0n) is 13.9. The second-order valence-corrected chi connectivity index (χ2v) is 5.49. The number of anilines is 2. The molecule has 0 aliphatic carbocycles. The number of rotatable bonds is 4. The number of carbonyl (C=O) groups excluding carboxylic acids is 1. The van der Waals surface area contributed by atoms with Crippen molar-refractivity contribution in [3.63, 3.8) is 0 Å². The largest absolute Gasteiger partial charge is 0.462 e. The van der Waals surface area contributed by atoms with Gasteiger partial charge in [0.05, 0.1) is 12.2 Å². The van der Waals surface area contributed by atoms with Gasteiger partial charge in [0.1, 0.15) is 11.9 Å². The lowest BCUT2D eigenvalue weighted by Gasteiger charge is -2.35. The molecule has 0 unspecified atom stereocenters. The van der Waals surface area contributed by atoms with Gasteiger partial charge in [-0.2, -0.15) is 5.26 Å². The number of hydrogen-bond donors (Lipinski definition) is 0. The van der Waals surface area contributed by atoms with Crippen molar-refractivity contribution in [1.82, 2.24) is 15.2 Å². The summed E-state index contributed by atoms with van der Waals surface area (Å²) in [7, 11) is 0. The highest BCUT2D eigenvalue weighted by molar-refractivity contribution is 5.89. The number of hydrogen-bond acceptors (Lipinski definition) is 8. The summed E-state index contributed by atoms with van der Waals surface area (Å²) in [5, 5.41) is 16.7. The van der Waals surface area contributed by atoms with Gasteiger partial charge in [0, 0.05) is 32.4 Å². The number of ether oxygens (including phenoxy) is 1. The molecule has 25 heavy (non-hydrogen) atoms. The van der Waals surface area contributed by atoms with Crippen molar-refractivity contribution in [2.75, 3.05) is 42.6 Å². The van der Waals surface area contributed by atoms with Gasteiger partial charge in [-0.05, 0) is 31.2 Å². The Bertz CT molecular complexity index is 761. The Morgan fingerprint density at radius 2 is 1.80 bits per heavy atom. The number of carbonyl (C=O) groups is 1. The van der Waals surface area contributed by atoms with Crippen LogP contribution in [0.1, 0.15) is 23.0 Å². The van der Waals surface area contributed by atoms with E-state index in [-0.39, 0.29) is 5.97 Å². The van der Waals surface area contributed by atoms with Crippen molar-refractivity contribution in [1.29, 1.82) is 5.26 Å². The summed E-state index contributed by atoms with van der Waals surface area (Å²) in [6.45, 7) is 5.25. The minimum Gasteiger partial charge on any atom is -0.462 e. The molecular formula is C17H18N6O2. The third kappa shape index (κ3) is 3.83. The van der Waals surface area contributed by atoms with Crippen LogP contribution in [0.5, 0.6) is 0 Å². The Hall–Kier alpha value is -3.21. The predicted octanol–water partition coefficient (Wildman–Crippen LogP) is 1.25. The molecule has 2 aromatic rings. The molecule has 0 saturated carbocycles. The molecule has 8 nitrogen and oxygen atoms in total. The van der Waals surface area contributed by atoms with Crippen LogP contribution in [0, 0.1) is 11.3 Å². The molecule has 0 atom stereocenters. The number of nitrogens with zero attached hydrogens (tertiary/aromatic N) is 6. The second kappa shape index (κ2) is 7.57. The van der Waals surface area contributed by atoms with Crippen molar-refractivity contribution < 1.29 is 9.53 Å². The summed E-state index contributed by atoms with van der Waals surface area (Å²) in [5.41, 5.74) is 0.769. The maximum Gasteiger partial charge on any atom is 0.339 e. The van der Waals surface area contributed by atoms with Crippen LogP contribution < -0.4 is 9.80 Å². The monoisotopic (exact) mass is 338 g/mol. The highest BCUT2D eigenvalue weighted by atomic mass is 16.5. The first-order valence-corrected chi connectivity index (χ1v) is 8.08. The van der Waals surface area contributed by atoms with Crippen LogP contribution >= 0.6 is 0 Å². The average Bonchev–Trinajstić information content (AvgIpc) is 2.68. The maximum atomic E-state index is 11.7. The Morgan fingerprint density at radius 1 is 1.12 bits per heavy atom. The fourth-order valence-corrected chi connectivity index (χ4v) is 2.63. The highest BCUT2D eigenvalue weighted by Crippen LogP contribution is 2.17. The Balaban J connectivity index is 1.60. The van der Waals surface area contributed by atoms with Crippen molar-refractivity contribution in [3.05, 3.63) is 41.7 Å². The van der Waals surface area contributed by atoms with Gasteiger partial charge in [-0.25, -0.2) is 9.78 Å². The van der Waals surface area contributed by atoms with E-state index in [0.717, 1.165) is 37.8 Å². The van der Waals surface area contributed by atoms with E-state index in [4.69, 9.17) is 10.00 Å². The molecule has 0 aromatic carbocycles. The molecule has 0 bridgehead atoms. The van der Waals surface area contributed by atoms with Crippen LogP contribution in [-0.2, 0) is 4.74 Å². The van der Waals surface area contributed by atoms with Crippen molar-refractivity contribution in [3.8, 4) is 6.07 Å². The first-order chi connectivity index (χ1) is 12.2. The lowest BCUT2D eigenvalue weighted by atomic mass is 10.2. The summed E-state index contributed by atoms with van der Waals surface area (Å²) in [6, 6.07) is 9.02. The van der Waals surface area contributed by atoms with Gasteiger partial charge in [0.15, 0.2) is 11.5 Å². The molecule has 0 N–H and O–H groups in total. The lowest BCUT2D eigenvalue weighted by Crippen LogP contribution is -2.47. The molecule has 2 aromatic heterocycles. The normalized spacial score (nSPS) is 14.1. The SMILES string of the molecule is CCOC(=O)c1ccc(N2CCN(c3ccc(C#N)nn3)CC2)nc1. The summed E-state index contributed by atoms with van der Waals surface area (Å²) in [5.74, 6) is 1.24. The molecule has 3 heterocycles. The van der Waals surface area contributed by atoms with Gasteiger partial charge >= 0.3 is 5.97 Å². The molecule has 1 fully saturated rings. The van der Waals surface area contributed by atoms with E-state index in [0.29, 0.717) is 17.9 Å². The number of piperazine rings is 1. The van der Waals surface area contributed by atoms with Crippen LogP contribution in [0.15, 0.2) is 30.5 Å². The Labute approximate surface area is 145 Å². The predicted molar refractivity (Wildman–Crippen MR) is 91.4 cm³/mol. The zero-order chi connectivity index (χ0) is 17.6. The Kier molecular flexibility index (Phi) is 5.04. The maximum absolute atomic E-state index is 11.7. The van der Waals surface area contributed by atoms with E-state index in [9.17, 15) is 4.79 Å². The molecule has 0 radical (unpaired) electrons. The minimum atomic E-state index is -0.356. The van der Waals surface area contributed by atoms with Gasteiger partial charge in [0.2, 0.25) is 0 Å². The first-order valence-electron chi connectivity index (χ1n) is 8.08. The topological polar surface area (TPSA) is 95.2 Å². The molecule has 8 heteroatoms. The standard InChI is InChI=1S/C17H18N6O2/c1-2-25-17(24)13-3-5-15(19-12-13)22-7-9-23(10-8-22)16-6-4-14(11-18)20-21-16/h3-6,12H,2,7-10H2,1H3. The number of nitriles is 1. The van der Waals surface area contributed by atoms with E-state index in [1.165, 1.54) is 0 Å². The summed E-state index contributed by atoms with van der Waals surface area (Å²) in [6.07, 6.45) is 1.55. The summed E-state index contributed by atoms with van der Waals surface area (Å²) < 4.78 is 4.96. The third-order valence-electron chi connectivity index (χ3n) is 3.95. The summed E-state index contributed by atoms with van der Waals surface area (Å²) >= 11 is 0. The van der Waals surface area contributed by atoms with Gasteiger partial charge < -0.3 is 14.5 Å². The quantitative estimate of drug-likeness (QED) is 0.769. The van der Waals surface area contributed by atoms with Crippen LogP contribution in [0.4, 0.5) is 11.6 Å². The van der Waals surface area contributed by atoms with Crippen LogP contribution in [-0.4, -0.2) is 53.9 Å². The molecule has 0 spiro atoms. The van der Waals surface area contributed by atoms with Gasteiger partial charge in [-0.15, -0.1) is 10.2 Å². The molecule has 3 rings (SSSR count). The zero-order valence-corrected chi connectivity index (χ0v) is 13.9. The van der Waals surface area contributed by atoms with Crippen LogP contribution in [0.25, 0.3) is 0 Å². The molecule has 1 aliphatic rings. The molecular weight excluding hydrogens is 320 g/mol. The van der Waals surface area contributed by atoms with Gasteiger partial charge in [0.25, 0.3) is 0 Å². The fourth-order valence-electron chi connectivity index (χ4n) is 2.63. The lowest BCUT2D eigenvalue weighted by molar-refractivity contribution is 0.0526. The molecule has 1 saturated heterocycles. The highest BCUT2D eigenvalue weighted by Gasteiger charge is 2.19. The number of pyridine rings is 1. The minimum absolute atomic E-state index is 0.313. The smallest absolute Gasteiger partial charge is 0.339 e. The van der Waals surface area contributed by atoms with Crippen molar-refractivity contribution >= 4 is 17.6 Å². The van der Waals surface area contributed by atoms with E-state index in [1.54, 1.807) is 25.3 Å². The molecule has 0 amide bonds. The van der Waals surface area contributed by atoms with Crippen LogP contribution in [0.3, 0.4) is 0 Å². The summed E-state index contributed by atoms with van der Waals surface area (Å²) in [4.78, 5) is 20.3. The number of aromatic nitrogens is 3. The first kappa shape index (κ1) is 16.6. The average molecular weight is 338 g/mol. The van der Waals surface area contributed by atoms with Crippen molar-refractivity contribution in [2.45, 2.75) is 6.92 Å². The van der Waals surface area contributed by atoms with E-state index >= 15 is 0 Å². The van der Waals surface area contributed by atoms with Gasteiger partial charge in [-0.1, -0.05) is 0 Å². The van der Waals surface area contributed by atoms with Crippen molar-refractivity contribution in [2.24, 2.45) is 0 Å². The third-order valence-corrected chi connectivity index (χ3v) is 3.95. The Morgan fingerprint density at radius 3 is 2.32 bits per heavy atom. The number of esters is 1. The van der Waals surface area contributed by atoms with Gasteiger partial charge in [-0.3, -0.25) is 0 Å².